The van der Waals surface area contributed by atoms with E-state index in [1.165, 1.54) is 38.6 Å². The lowest BCUT2D eigenvalue weighted by Crippen LogP contribution is -2.39. The monoisotopic (exact) mass is 573 g/mol. The predicted octanol–water partition coefficient (Wildman–Crippen LogP) is 4.94. The molecule has 41 heavy (non-hydrogen) atoms. The second-order valence-corrected chi connectivity index (χ2v) is 10.9. The number of ether oxygens (including phenoxy) is 3. The summed E-state index contributed by atoms with van der Waals surface area (Å²) in [5, 5.41) is 4.01. The van der Waals surface area contributed by atoms with Crippen molar-refractivity contribution in [3.8, 4) is 17.2 Å². The lowest BCUT2D eigenvalue weighted by atomic mass is 10.2. The molecule has 9 nitrogen and oxygen atoms in total. The Balaban J connectivity index is 1.47. The molecule has 1 amide bonds. The summed E-state index contributed by atoms with van der Waals surface area (Å²) < 4.78 is 44.8. The number of sulfonamides is 1. The summed E-state index contributed by atoms with van der Waals surface area (Å²) in [7, 11) is -1.23. The number of carbonyl (C=O) groups is 1. The van der Waals surface area contributed by atoms with Crippen LogP contribution < -0.4 is 23.9 Å². The fraction of sp³-hybridized carbons (Fsp3) is 0.161. The van der Waals surface area contributed by atoms with Crippen molar-refractivity contribution in [2.45, 2.75) is 18.4 Å². The van der Waals surface area contributed by atoms with E-state index in [0.717, 1.165) is 21.0 Å². The van der Waals surface area contributed by atoms with Crippen LogP contribution in [-0.4, -0.2) is 41.3 Å². The normalized spacial score (nSPS) is 11.2. The van der Waals surface area contributed by atoms with E-state index >= 15 is 0 Å². The molecular formula is C31H31N3O6S. The first-order valence-electron chi connectivity index (χ1n) is 12.7. The van der Waals surface area contributed by atoms with Crippen LogP contribution in [0.25, 0.3) is 0 Å². The third-order valence-electron chi connectivity index (χ3n) is 6.08. The number of amides is 1. The van der Waals surface area contributed by atoms with Gasteiger partial charge in [0.05, 0.1) is 31.0 Å². The molecule has 4 aromatic rings. The Morgan fingerprint density at radius 1 is 0.878 bits per heavy atom. The second-order valence-electron chi connectivity index (χ2n) is 9.00. The molecule has 0 radical (unpaired) electrons. The molecule has 0 bridgehead atoms. The van der Waals surface area contributed by atoms with Gasteiger partial charge in [0, 0.05) is 6.07 Å². The van der Waals surface area contributed by atoms with E-state index < -0.39 is 22.5 Å². The molecule has 0 atom stereocenters. The van der Waals surface area contributed by atoms with E-state index in [9.17, 15) is 13.2 Å². The summed E-state index contributed by atoms with van der Waals surface area (Å²) >= 11 is 0. The zero-order valence-electron chi connectivity index (χ0n) is 23.0. The summed E-state index contributed by atoms with van der Waals surface area (Å²) in [6.07, 6.45) is 1.46. The van der Waals surface area contributed by atoms with Gasteiger partial charge in [0.15, 0.2) is 0 Å². The van der Waals surface area contributed by atoms with Gasteiger partial charge in [0.2, 0.25) is 0 Å². The first-order chi connectivity index (χ1) is 19.8. The van der Waals surface area contributed by atoms with Gasteiger partial charge in [-0.3, -0.25) is 9.10 Å². The molecule has 0 aliphatic carbocycles. The molecule has 1 N–H and O–H groups in total. The van der Waals surface area contributed by atoms with Gasteiger partial charge in [0.25, 0.3) is 15.9 Å². The van der Waals surface area contributed by atoms with Crippen LogP contribution in [0, 0.1) is 6.92 Å². The van der Waals surface area contributed by atoms with Crippen molar-refractivity contribution in [2.75, 3.05) is 25.1 Å². The van der Waals surface area contributed by atoms with Crippen LogP contribution in [-0.2, 0) is 21.4 Å². The van der Waals surface area contributed by atoms with Crippen molar-refractivity contribution in [1.82, 2.24) is 5.43 Å². The van der Waals surface area contributed by atoms with Gasteiger partial charge in [-0.2, -0.15) is 5.10 Å². The molecule has 4 aromatic carbocycles. The minimum Gasteiger partial charge on any atom is -0.497 e. The van der Waals surface area contributed by atoms with Gasteiger partial charge in [0.1, 0.15) is 30.4 Å². The zero-order valence-corrected chi connectivity index (χ0v) is 23.8. The summed E-state index contributed by atoms with van der Waals surface area (Å²) in [6, 6.07) is 28.1. The first kappa shape index (κ1) is 29.2. The van der Waals surface area contributed by atoms with Crippen molar-refractivity contribution >= 4 is 27.8 Å². The lowest BCUT2D eigenvalue weighted by Gasteiger charge is -2.25. The number of hydrogen-bond acceptors (Lipinski definition) is 7. The molecule has 0 saturated heterocycles. The topological polar surface area (TPSA) is 107 Å². The Labute approximate surface area is 240 Å². The number of hydrogen-bond donors (Lipinski definition) is 1. The highest BCUT2D eigenvalue weighted by atomic mass is 32.2. The number of hydrazone groups is 1. The third-order valence-corrected chi connectivity index (χ3v) is 7.86. The fourth-order valence-electron chi connectivity index (χ4n) is 3.86. The molecule has 0 aliphatic heterocycles. The maximum atomic E-state index is 13.7. The van der Waals surface area contributed by atoms with Gasteiger partial charge in [-0.15, -0.1) is 0 Å². The zero-order chi connectivity index (χ0) is 29.2. The Morgan fingerprint density at radius 2 is 1.56 bits per heavy atom. The van der Waals surface area contributed by atoms with Crippen LogP contribution in [0.4, 0.5) is 5.69 Å². The van der Waals surface area contributed by atoms with Gasteiger partial charge in [-0.25, -0.2) is 13.8 Å². The number of aryl methyl sites for hydroxylation is 1. The Kier molecular flexibility index (Phi) is 9.60. The number of methoxy groups -OCH3 is 2. The second kappa shape index (κ2) is 13.5. The molecule has 0 unspecified atom stereocenters. The SMILES string of the molecule is COc1ccc(N(CC(=O)N/N=C\c2ccc(OCc3ccccc3)cc2)S(=O)(=O)c2ccc(C)cc2)c(OC)c1. The van der Waals surface area contributed by atoms with Crippen LogP contribution in [0.15, 0.2) is 107 Å². The standard InChI is InChI=1S/C31H31N3O6S/c1-23-9-16-28(17-10-23)41(36,37)34(29-18-15-27(38-2)19-30(29)39-3)21-31(35)33-32-20-24-11-13-26(14-12-24)40-22-25-7-5-4-6-8-25/h4-20H,21-22H2,1-3H3,(H,33,35)/b32-20-. The minimum atomic E-state index is -4.14. The summed E-state index contributed by atoms with van der Waals surface area (Å²) in [5.41, 5.74) is 5.28. The van der Waals surface area contributed by atoms with Crippen LogP contribution in [0.3, 0.4) is 0 Å². The largest absolute Gasteiger partial charge is 0.497 e. The Hall–Kier alpha value is -4.83. The average molecular weight is 574 g/mol. The number of anilines is 1. The van der Waals surface area contributed by atoms with Crippen molar-refractivity contribution in [2.24, 2.45) is 5.10 Å². The molecule has 0 fully saturated rings. The maximum Gasteiger partial charge on any atom is 0.264 e. The van der Waals surface area contributed by atoms with E-state index in [-0.39, 0.29) is 16.3 Å². The molecule has 212 valence electrons. The van der Waals surface area contributed by atoms with E-state index in [1.54, 1.807) is 48.5 Å². The highest BCUT2D eigenvalue weighted by molar-refractivity contribution is 7.92. The smallest absolute Gasteiger partial charge is 0.264 e. The molecule has 10 heteroatoms. The molecular weight excluding hydrogens is 542 g/mol. The fourth-order valence-corrected chi connectivity index (χ4v) is 5.30. The molecule has 0 spiro atoms. The molecule has 4 rings (SSSR count). The number of rotatable bonds is 12. The van der Waals surface area contributed by atoms with E-state index in [4.69, 9.17) is 14.2 Å². The highest BCUT2D eigenvalue weighted by Crippen LogP contribution is 2.35. The van der Waals surface area contributed by atoms with E-state index in [2.05, 4.69) is 10.5 Å². The van der Waals surface area contributed by atoms with Gasteiger partial charge < -0.3 is 14.2 Å². The molecule has 0 heterocycles. The van der Waals surface area contributed by atoms with Crippen LogP contribution in [0.2, 0.25) is 0 Å². The van der Waals surface area contributed by atoms with Crippen LogP contribution in [0.1, 0.15) is 16.7 Å². The molecule has 0 saturated carbocycles. The van der Waals surface area contributed by atoms with Crippen LogP contribution in [0.5, 0.6) is 17.2 Å². The van der Waals surface area contributed by atoms with Gasteiger partial charge >= 0.3 is 0 Å². The average Bonchev–Trinajstić information content (AvgIpc) is 3.00. The first-order valence-corrected chi connectivity index (χ1v) is 14.1. The van der Waals surface area contributed by atoms with Gasteiger partial charge in [-0.1, -0.05) is 48.0 Å². The lowest BCUT2D eigenvalue weighted by molar-refractivity contribution is -0.119. The Bertz CT molecular complexity index is 1590. The van der Waals surface area contributed by atoms with Crippen molar-refractivity contribution in [3.05, 3.63) is 114 Å². The number of nitrogens with zero attached hydrogens (tertiary/aromatic N) is 2. The number of benzene rings is 4. The van der Waals surface area contributed by atoms with Crippen molar-refractivity contribution in [1.29, 1.82) is 0 Å². The highest BCUT2D eigenvalue weighted by Gasteiger charge is 2.29. The third kappa shape index (κ3) is 7.64. The summed E-state index contributed by atoms with van der Waals surface area (Å²) in [6.45, 7) is 1.77. The minimum absolute atomic E-state index is 0.0341. The maximum absolute atomic E-state index is 13.7. The quantitative estimate of drug-likeness (QED) is 0.190. The van der Waals surface area contributed by atoms with Crippen molar-refractivity contribution in [3.63, 3.8) is 0 Å². The summed E-state index contributed by atoms with van der Waals surface area (Å²) in [4.78, 5) is 13.0. The molecule has 0 aromatic heterocycles. The Morgan fingerprint density at radius 3 is 2.22 bits per heavy atom. The van der Waals surface area contributed by atoms with E-state index in [1.807, 2.05) is 37.3 Å². The van der Waals surface area contributed by atoms with E-state index in [0.29, 0.717) is 18.1 Å². The predicted molar refractivity (Wildman–Crippen MR) is 158 cm³/mol. The van der Waals surface area contributed by atoms with Crippen LogP contribution >= 0.6 is 0 Å². The molecule has 0 aliphatic rings. The van der Waals surface area contributed by atoms with Gasteiger partial charge in [-0.05, 0) is 66.6 Å². The number of carbonyl (C=O) groups excluding carboxylic acids is 1. The summed E-state index contributed by atoms with van der Waals surface area (Å²) in [5.74, 6) is 0.757. The van der Waals surface area contributed by atoms with Crippen molar-refractivity contribution < 1.29 is 27.4 Å². The number of nitrogens with one attached hydrogen (secondary N) is 1.